The van der Waals surface area contributed by atoms with Gasteiger partial charge in [-0.25, -0.2) is 0 Å². The van der Waals surface area contributed by atoms with E-state index in [-0.39, 0.29) is 24.0 Å². The van der Waals surface area contributed by atoms with Crippen molar-refractivity contribution >= 4 is 29.9 Å². The first kappa shape index (κ1) is 24.2. The highest BCUT2D eigenvalue weighted by atomic mass is 127. The van der Waals surface area contributed by atoms with Crippen LogP contribution in [0.3, 0.4) is 0 Å². The number of hydrogen-bond donors (Lipinski definition) is 2. The summed E-state index contributed by atoms with van der Waals surface area (Å²) in [6.45, 7) is 11.4. The van der Waals surface area contributed by atoms with E-state index in [0.717, 1.165) is 45.0 Å². The van der Waals surface area contributed by atoms with Crippen LogP contribution in [0.25, 0.3) is 0 Å². The molecule has 0 atom stereocenters. The van der Waals surface area contributed by atoms with Crippen LogP contribution in [0.15, 0.2) is 4.99 Å². The number of aliphatic imine (C=N–C) groups is 1. The first-order valence-corrected chi connectivity index (χ1v) is 8.37. The van der Waals surface area contributed by atoms with Gasteiger partial charge in [-0.05, 0) is 25.7 Å². The fraction of sp³-hybridized carbons (Fsp3) is 0.938. The van der Waals surface area contributed by atoms with Gasteiger partial charge >= 0.3 is 0 Å². The summed E-state index contributed by atoms with van der Waals surface area (Å²) in [7, 11) is 1.69. The normalized spacial score (nSPS) is 11.4. The summed E-state index contributed by atoms with van der Waals surface area (Å²) in [4.78, 5) is 4.66. The molecule has 0 radical (unpaired) electrons. The third kappa shape index (κ3) is 14.8. The number of nitrogens with zero attached hydrogens (tertiary/aromatic N) is 1. The monoisotopic (exact) mass is 429 g/mol. The molecule has 6 heteroatoms. The van der Waals surface area contributed by atoms with Gasteiger partial charge in [0.1, 0.15) is 0 Å². The van der Waals surface area contributed by atoms with Gasteiger partial charge in [0.15, 0.2) is 5.96 Å². The molecule has 5 nitrogen and oxygen atoms in total. The second kappa shape index (κ2) is 19.0. The van der Waals surface area contributed by atoms with Gasteiger partial charge < -0.3 is 20.1 Å². The highest BCUT2D eigenvalue weighted by Crippen LogP contribution is 2.07. The number of guanidine groups is 1. The molecule has 0 saturated carbocycles. The topological polar surface area (TPSA) is 54.9 Å². The molecule has 0 aromatic heterocycles. The average Bonchev–Trinajstić information content (AvgIpc) is 2.50. The highest BCUT2D eigenvalue weighted by Gasteiger charge is 2.03. The van der Waals surface area contributed by atoms with Crippen LogP contribution in [0, 0.1) is 5.92 Å². The number of ether oxygens (including phenoxy) is 2. The lowest BCUT2D eigenvalue weighted by molar-refractivity contribution is 0.0689. The van der Waals surface area contributed by atoms with Gasteiger partial charge in [0.2, 0.25) is 0 Å². The van der Waals surface area contributed by atoms with Crippen molar-refractivity contribution in [3.05, 3.63) is 0 Å². The van der Waals surface area contributed by atoms with Gasteiger partial charge in [0.05, 0.1) is 13.2 Å². The molecule has 134 valence electrons. The Hall–Kier alpha value is -0.0800. The Bertz CT molecular complexity index is 250. The van der Waals surface area contributed by atoms with Crippen LogP contribution in [0.5, 0.6) is 0 Å². The van der Waals surface area contributed by atoms with E-state index in [9.17, 15) is 0 Å². The van der Waals surface area contributed by atoms with E-state index in [1.807, 2.05) is 0 Å². The number of rotatable bonds is 13. The van der Waals surface area contributed by atoms with E-state index >= 15 is 0 Å². The predicted octanol–water partition coefficient (Wildman–Crippen LogP) is 3.04. The van der Waals surface area contributed by atoms with Crippen LogP contribution in [0.1, 0.15) is 46.5 Å². The van der Waals surface area contributed by atoms with E-state index in [1.54, 1.807) is 7.11 Å². The third-order valence-corrected chi connectivity index (χ3v) is 3.45. The molecular formula is C16H36IN3O2. The van der Waals surface area contributed by atoms with Crippen molar-refractivity contribution in [2.24, 2.45) is 10.9 Å². The van der Waals surface area contributed by atoms with Crippen LogP contribution in [0.2, 0.25) is 0 Å². The zero-order valence-electron chi connectivity index (χ0n) is 14.8. The molecule has 0 heterocycles. The molecule has 0 aromatic rings. The Morgan fingerprint density at radius 3 is 2.32 bits per heavy atom. The second-order valence-corrected chi connectivity index (χ2v) is 5.14. The second-order valence-electron chi connectivity index (χ2n) is 5.14. The molecule has 22 heavy (non-hydrogen) atoms. The van der Waals surface area contributed by atoms with Gasteiger partial charge in [-0.2, -0.15) is 0 Å². The maximum absolute atomic E-state index is 5.44. The zero-order valence-corrected chi connectivity index (χ0v) is 17.2. The molecule has 0 amide bonds. The van der Waals surface area contributed by atoms with Gasteiger partial charge in [-0.3, -0.25) is 4.99 Å². The fourth-order valence-corrected chi connectivity index (χ4v) is 1.89. The molecule has 0 spiro atoms. The Balaban J connectivity index is 0. The van der Waals surface area contributed by atoms with Gasteiger partial charge in [-0.15, -0.1) is 24.0 Å². The Morgan fingerprint density at radius 2 is 1.73 bits per heavy atom. The summed E-state index contributed by atoms with van der Waals surface area (Å²) in [5, 5.41) is 6.68. The molecule has 0 bridgehead atoms. The van der Waals surface area contributed by atoms with Gasteiger partial charge in [-0.1, -0.05) is 26.7 Å². The van der Waals surface area contributed by atoms with Crippen molar-refractivity contribution in [3.8, 4) is 0 Å². The summed E-state index contributed by atoms with van der Waals surface area (Å²) < 4.78 is 10.4. The molecule has 0 fully saturated rings. The molecule has 0 aromatic carbocycles. The molecule has 0 aliphatic rings. The molecule has 2 N–H and O–H groups in total. The van der Waals surface area contributed by atoms with Gasteiger partial charge in [0.25, 0.3) is 0 Å². The van der Waals surface area contributed by atoms with Crippen molar-refractivity contribution in [1.29, 1.82) is 0 Å². The quantitative estimate of drug-likeness (QED) is 0.205. The van der Waals surface area contributed by atoms with Crippen LogP contribution in [-0.4, -0.2) is 52.5 Å². The summed E-state index contributed by atoms with van der Waals surface area (Å²) in [5.41, 5.74) is 0. The lowest BCUT2D eigenvalue weighted by atomic mass is 10.0. The number of unbranched alkanes of at least 4 members (excludes halogenated alkanes) is 1. The number of hydrogen-bond acceptors (Lipinski definition) is 3. The average molecular weight is 429 g/mol. The van der Waals surface area contributed by atoms with E-state index in [0.29, 0.717) is 19.1 Å². The third-order valence-electron chi connectivity index (χ3n) is 3.45. The molecular weight excluding hydrogens is 393 g/mol. The molecule has 0 aliphatic heterocycles. The fourth-order valence-electron chi connectivity index (χ4n) is 1.89. The molecule has 0 saturated heterocycles. The first-order chi connectivity index (χ1) is 10.3. The standard InChI is InChI=1S/C16H35N3O2.HI/c1-5-15(6-2)14-19-16(17-7-3)18-10-8-9-11-21-13-12-20-4;/h15H,5-14H2,1-4H3,(H2,17,18,19);1H. The summed E-state index contributed by atoms with van der Waals surface area (Å²) in [6.07, 6.45) is 4.53. The summed E-state index contributed by atoms with van der Waals surface area (Å²) >= 11 is 0. The van der Waals surface area contributed by atoms with E-state index in [1.165, 1.54) is 12.8 Å². The van der Waals surface area contributed by atoms with Crippen molar-refractivity contribution in [1.82, 2.24) is 10.6 Å². The van der Waals surface area contributed by atoms with Crippen molar-refractivity contribution in [2.75, 3.05) is 46.6 Å². The van der Waals surface area contributed by atoms with Crippen LogP contribution < -0.4 is 10.6 Å². The zero-order chi connectivity index (χ0) is 15.8. The smallest absolute Gasteiger partial charge is 0.191 e. The minimum atomic E-state index is 0. The minimum absolute atomic E-state index is 0. The highest BCUT2D eigenvalue weighted by molar-refractivity contribution is 14.0. The van der Waals surface area contributed by atoms with Crippen molar-refractivity contribution in [3.63, 3.8) is 0 Å². The van der Waals surface area contributed by atoms with Gasteiger partial charge in [0, 0.05) is 33.4 Å². The lowest BCUT2D eigenvalue weighted by Crippen LogP contribution is -2.38. The number of halogens is 1. The molecule has 0 aliphatic carbocycles. The van der Waals surface area contributed by atoms with Crippen LogP contribution in [0.4, 0.5) is 0 Å². The van der Waals surface area contributed by atoms with E-state index in [4.69, 9.17) is 9.47 Å². The predicted molar refractivity (Wildman–Crippen MR) is 105 cm³/mol. The Morgan fingerprint density at radius 1 is 1.00 bits per heavy atom. The molecule has 0 unspecified atom stereocenters. The van der Waals surface area contributed by atoms with Crippen molar-refractivity contribution < 1.29 is 9.47 Å². The Kier molecular flexibility index (Phi) is 20.8. The minimum Gasteiger partial charge on any atom is -0.382 e. The van der Waals surface area contributed by atoms with Crippen LogP contribution in [-0.2, 0) is 9.47 Å². The number of nitrogens with one attached hydrogen (secondary N) is 2. The largest absolute Gasteiger partial charge is 0.382 e. The SMILES string of the molecule is CCNC(=NCC(CC)CC)NCCCCOCCOC.I. The maximum atomic E-state index is 5.44. The summed E-state index contributed by atoms with van der Waals surface area (Å²) in [5.74, 6) is 1.62. The number of methoxy groups -OCH3 is 1. The van der Waals surface area contributed by atoms with E-state index < -0.39 is 0 Å². The maximum Gasteiger partial charge on any atom is 0.191 e. The summed E-state index contributed by atoms with van der Waals surface area (Å²) in [6, 6.07) is 0. The first-order valence-electron chi connectivity index (χ1n) is 8.37. The Labute approximate surface area is 154 Å². The molecule has 0 rings (SSSR count). The van der Waals surface area contributed by atoms with Crippen LogP contribution >= 0.6 is 24.0 Å². The van der Waals surface area contributed by atoms with Crippen molar-refractivity contribution in [2.45, 2.75) is 46.5 Å². The lowest BCUT2D eigenvalue weighted by Gasteiger charge is -2.14. The van der Waals surface area contributed by atoms with E-state index in [2.05, 4.69) is 36.4 Å².